The van der Waals surface area contributed by atoms with E-state index in [1.54, 1.807) is 12.1 Å². The maximum absolute atomic E-state index is 13.1. The molecule has 0 amide bonds. The minimum absolute atomic E-state index is 0.0933. The van der Waals surface area contributed by atoms with Gasteiger partial charge in [-0.15, -0.1) is 0 Å². The van der Waals surface area contributed by atoms with Crippen LogP contribution in [0.2, 0.25) is 0 Å². The Balaban J connectivity index is 1.56. The van der Waals surface area contributed by atoms with Gasteiger partial charge in [0.2, 0.25) is 0 Å². The van der Waals surface area contributed by atoms with E-state index >= 15 is 0 Å². The maximum Gasteiger partial charge on any atom is 0.343 e. The van der Waals surface area contributed by atoms with Crippen molar-refractivity contribution in [2.24, 2.45) is 0 Å². The van der Waals surface area contributed by atoms with Crippen molar-refractivity contribution in [3.05, 3.63) is 99.2 Å². The third kappa shape index (κ3) is 4.16. The molecule has 0 radical (unpaired) electrons. The van der Waals surface area contributed by atoms with Gasteiger partial charge < -0.3 is 44.5 Å². The number of allylic oxidation sites excluding steroid dienone is 1. The summed E-state index contributed by atoms with van der Waals surface area (Å²) in [5, 5.41) is 58.8. The average molecular weight is 492 g/mol. The van der Waals surface area contributed by atoms with Crippen molar-refractivity contribution >= 4 is 12.2 Å². The molecule has 184 valence electrons. The van der Waals surface area contributed by atoms with Crippen molar-refractivity contribution in [1.29, 1.82) is 0 Å². The topological polar surface area (TPSA) is 170 Å². The van der Waals surface area contributed by atoms with E-state index < -0.39 is 35.4 Å². The van der Waals surface area contributed by atoms with Gasteiger partial charge in [0, 0.05) is 6.07 Å². The molecule has 0 aliphatic carbocycles. The van der Waals surface area contributed by atoms with Crippen LogP contribution in [-0.2, 0) is 4.74 Å². The molecule has 3 aromatic rings. The predicted octanol–water partition coefficient (Wildman–Crippen LogP) is 4.09. The highest BCUT2D eigenvalue weighted by Gasteiger charge is 2.45. The van der Waals surface area contributed by atoms with Crippen LogP contribution in [0.25, 0.3) is 12.2 Å². The summed E-state index contributed by atoms with van der Waals surface area (Å²) in [6.07, 6.45) is 3.40. The third-order valence-corrected chi connectivity index (χ3v) is 5.87. The van der Waals surface area contributed by atoms with Gasteiger partial charge in [0.05, 0.1) is 17.6 Å². The molecule has 0 fully saturated rings. The molecule has 0 saturated carbocycles. The molecule has 3 unspecified atom stereocenters. The fraction of sp³-hybridized carbons (Fsp3) is 0.115. The van der Waals surface area contributed by atoms with Crippen molar-refractivity contribution < 1.29 is 44.5 Å². The summed E-state index contributed by atoms with van der Waals surface area (Å²) in [6.45, 7) is 0. The average Bonchev–Trinajstić information content (AvgIpc) is 3.21. The van der Waals surface area contributed by atoms with Crippen molar-refractivity contribution in [2.75, 3.05) is 0 Å². The van der Waals surface area contributed by atoms with Gasteiger partial charge in [-0.05, 0) is 47.5 Å². The predicted molar refractivity (Wildman–Crippen MR) is 126 cm³/mol. The van der Waals surface area contributed by atoms with Crippen LogP contribution in [-0.4, -0.2) is 36.7 Å². The van der Waals surface area contributed by atoms with E-state index in [0.29, 0.717) is 11.1 Å². The number of ether oxygens (including phenoxy) is 2. The second-order valence-electron chi connectivity index (χ2n) is 8.26. The largest absolute Gasteiger partial charge is 0.508 e. The number of phenols is 4. The zero-order chi connectivity index (χ0) is 25.6. The number of hydrogen-bond donors (Lipinski definition) is 6. The molecule has 36 heavy (non-hydrogen) atoms. The highest BCUT2D eigenvalue weighted by atomic mass is 16.6. The lowest BCUT2D eigenvalue weighted by Gasteiger charge is -2.27. The van der Waals surface area contributed by atoms with Crippen molar-refractivity contribution in [3.63, 3.8) is 0 Å². The Morgan fingerprint density at radius 3 is 2.19 bits per heavy atom. The molecule has 2 aromatic carbocycles. The van der Waals surface area contributed by atoms with Gasteiger partial charge in [-0.1, -0.05) is 18.2 Å². The summed E-state index contributed by atoms with van der Waals surface area (Å²) in [5.74, 6) is -2.75. The summed E-state index contributed by atoms with van der Waals surface area (Å²) in [5.41, 5.74) is 0.272. The molecule has 2 aliphatic heterocycles. The quantitative estimate of drug-likeness (QED) is 0.292. The van der Waals surface area contributed by atoms with E-state index in [1.807, 2.05) is 0 Å². The SMILES string of the molecule is O=c1oc(C=Cc2ccc(O)c(O)c2)cc2c1C(C1C=C(O)C=C(O)O1)C(c1ccc(O)c(O)c1)O2. The highest BCUT2D eigenvalue weighted by Crippen LogP contribution is 2.49. The van der Waals surface area contributed by atoms with Crippen LogP contribution in [0.4, 0.5) is 0 Å². The fourth-order valence-corrected chi connectivity index (χ4v) is 4.22. The molecule has 1 aromatic heterocycles. The number of aliphatic hydroxyl groups excluding tert-OH is 2. The summed E-state index contributed by atoms with van der Waals surface area (Å²) in [4.78, 5) is 13.1. The smallest absolute Gasteiger partial charge is 0.343 e. The molecule has 3 heterocycles. The molecule has 2 aliphatic rings. The van der Waals surface area contributed by atoms with Crippen molar-refractivity contribution in [2.45, 2.75) is 18.1 Å². The molecular weight excluding hydrogens is 472 g/mol. The Morgan fingerprint density at radius 1 is 0.778 bits per heavy atom. The lowest BCUT2D eigenvalue weighted by Crippen LogP contribution is -2.29. The zero-order valence-electron chi connectivity index (χ0n) is 18.4. The van der Waals surface area contributed by atoms with Gasteiger partial charge in [0.25, 0.3) is 5.95 Å². The first-order valence-corrected chi connectivity index (χ1v) is 10.7. The van der Waals surface area contributed by atoms with Crippen LogP contribution < -0.4 is 10.4 Å². The summed E-state index contributed by atoms with van der Waals surface area (Å²) < 4.78 is 17.0. The number of hydrogen-bond acceptors (Lipinski definition) is 10. The molecule has 10 nitrogen and oxygen atoms in total. The van der Waals surface area contributed by atoms with Crippen LogP contribution in [0.5, 0.6) is 28.7 Å². The van der Waals surface area contributed by atoms with E-state index in [-0.39, 0.29) is 40.1 Å². The Labute approximate surface area is 203 Å². The van der Waals surface area contributed by atoms with Crippen LogP contribution in [0.1, 0.15) is 34.5 Å². The zero-order valence-corrected chi connectivity index (χ0v) is 18.4. The van der Waals surface area contributed by atoms with E-state index in [2.05, 4.69) is 0 Å². The Kier molecular flexibility index (Phi) is 5.48. The number of fused-ring (bicyclic) bond motifs is 1. The van der Waals surface area contributed by atoms with Crippen molar-refractivity contribution in [3.8, 4) is 28.7 Å². The summed E-state index contributed by atoms with van der Waals surface area (Å²) in [6, 6.07) is 9.72. The second kappa shape index (κ2) is 8.66. The molecule has 3 atom stereocenters. The van der Waals surface area contributed by atoms with E-state index in [0.717, 1.165) is 6.08 Å². The van der Waals surface area contributed by atoms with Gasteiger partial charge in [0.15, 0.2) is 23.0 Å². The summed E-state index contributed by atoms with van der Waals surface area (Å²) in [7, 11) is 0. The van der Waals surface area contributed by atoms with Gasteiger partial charge >= 0.3 is 5.63 Å². The van der Waals surface area contributed by atoms with Crippen molar-refractivity contribution in [1.82, 2.24) is 0 Å². The van der Waals surface area contributed by atoms with Crippen LogP contribution >= 0.6 is 0 Å². The molecule has 0 spiro atoms. The maximum atomic E-state index is 13.1. The minimum Gasteiger partial charge on any atom is -0.508 e. The molecular formula is C26H20O10. The molecule has 10 heteroatoms. The monoisotopic (exact) mass is 492 g/mol. The third-order valence-electron chi connectivity index (χ3n) is 5.87. The van der Waals surface area contributed by atoms with E-state index in [1.165, 1.54) is 48.6 Å². The number of aromatic hydroxyl groups is 4. The van der Waals surface area contributed by atoms with Crippen LogP contribution in [0.15, 0.2) is 75.5 Å². The second-order valence-corrected chi connectivity index (χ2v) is 8.26. The lowest BCUT2D eigenvalue weighted by atomic mass is 9.86. The van der Waals surface area contributed by atoms with Gasteiger partial charge in [0.1, 0.15) is 29.5 Å². The first-order valence-electron chi connectivity index (χ1n) is 10.7. The summed E-state index contributed by atoms with van der Waals surface area (Å²) >= 11 is 0. The number of phenolic OH excluding ortho intramolecular Hbond substituents is 4. The van der Waals surface area contributed by atoms with Gasteiger partial charge in [-0.25, -0.2) is 4.79 Å². The lowest BCUT2D eigenvalue weighted by molar-refractivity contribution is 0.0168. The number of aliphatic hydroxyl groups is 2. The minimum atomic E-state index is -1.03. The highest BCUT2D eigenvalue weighted by molar-refractivity contribution is 5.69. The van der Waals surface area contributed by atoms with Gasteiger partial charge in [-0.3, -0.25) is 0 Å². The molecule has 6 N–H and O–H groups in total. The number of benzene rings is 2. The van der Waals surface area contributed by atoms with Crippen LogP contribution in [0, 0.1) is 0 Å². The first-order chi connectivity index (χ1) is 17.2. The Bertz CT molecular complexity index is 1500. The standard InChI is InChI=1S/C26H20O10/c27-14-9-20(35-22(32)10-14)23-24-21(36-25(23)13-3-6-17(29)19(31)8-13)11-15(34-26(24)33)4-1-12-2-5-16(28)18(30)7-12/h1-11,20,23,25,27-32H. The normalized spacial score (nSPS) is 20.8. The molecule has 5 rings (SSSR count). The molecule has 0 saturated heterocycles. The Hall–Kier alpha value is -4.99. The fourth-order valence-electron chi connectivity index (χ4n) is 4.22. The first kappa shape index (κ1) is 22.8. The van der Waals surface area contributed by atoms with E-state index in [4.69, 9.17) is 13.9 Å². The van der Waals surface area contributed by atoms with E-state index in [9.17, 15) is 35.4 Å². The Morgan fingerprint density at radius 2 is 1.50 bits per heavy atom. The van der Waals surface area contributed by atoms with Gasteiger partial charge in [-0.2, -0.15) is 0 Å². The molecule has 0 bridgehead atoms. The van der Waals surface area contributed by atoms with Crippen LogP contribution in [0.3, 0.4) is 0 Å². The number of rotatable bonds is 4.